The summed E-state index contributed by atoms with van der Waals surface area (Å²) in [6.45, 7) is 5.66. The zero-order valence-electron chi connectivity index (χ0n) is 9.81. The van der Waals surface area contributed by atoms with Gasteiger partial charge in [-0.2, -0.15) is 4.68 Å². The topological polar surface area (TPSA) is 55.6 Å². The molecule has 90 valence electrons. The van der Waals surface area contributed by atoms with Crippen LogP contribution in [0.25, 0.3) is 5.69 Å². The van der Waals surface area contributed by atoms with Gasteiger partial charge in [-0.25, -0.2) is 0 Å². The zero-order valence-corrected chi connectivity index (χ0v) is 11.4. The predicted molar refractivity (Wildman–Crippen MR) is 69.0 cm³/mol. The van der Waals surface area contributed by atoms with Crippen LogP contribution >= 0.6 is 15.9 Å². The third kappa shape index (κ3) is 2.70. The first-order valence-electron chi connectivity index (χ1n) is 5.47. The van der Waals surface area contributed by atoms with E-state index in [0.29, 0.717) is 6.54 Å². The minimum absolute atomic E-state index is 0.666. The molecule has 1 aromatic heterocycles. The van der Waals surface area contributed by atoms with Crippen LogP contribution in [0.1, 0.15) is 18.3 Å². The minimum atomic E-state index is 0.666. The molecule has 0 radical (unpaired) electrons. The fourth-order valence-electron chi connectivity index (χ4n) is 1.60. The standard InChI is InChI=1S/C11H14BrN5/c1-3-13-7-11-14-15-16-17(11)10-5-4-9(12)6-8(10)2/h4-6,13H,3,7H2,1-2H3. The van der Waals surface area contributed by atoms with Crippen molar-refractivity contribution in [1.29, 1.82) is 0 Å². The molecule has 2 aromatic rings. The molecule has 0 bridgehead atoms. The molecule has 0 saturated carbocycles. The van der Waals surface area contributed by atoms with Crippen molar-refractivity contribution in [3.63, 3.8) is 0 Å². The molecule has 1 N–H and O–H groups in total. The van der Waals surface area contributed by atoms with Crippen LogP contribution in [0.2, 0.25) is 0 Å². The Kier molecular flexibility index (Phi) is 3.86. The van der Waals surface area contributed by atoms with Gasteiger partial charge in [0.2, 0.25) is 0 Å². The van der Waals surface area contributed by atoms with Gasteiger partial charge in [0.05, 0.1) is 12.2 Å². The van der Waals surface area contributed by atoms with Gasteiger partial charge in [0.25, 0.3) is 0 Å². The highest BCUT2D eigenvalue weighted by Crippen LogP contribution is 2.19. The van der Waals surface area contributed by atoms with Crippen LogP contribution in [0, 0.1) is 6.92 Å². The number of aryl methyl sites for hydroxylation is 1. The van der Waals surface area contributed by atoms with Crippen LogP contribution < -0.4 is 5.32 Å². The molecular formula is C11H14BrN5. The van der Waals surface area contributed by atoms with Crippen molar-refractivity contribution in [1.82, 2.24) is 25.5 Å². The summed E-state index contributed by atoms with van der Waals surface area (Å²) >= 11 is 3.45. The van der Waals surface area contributed by atoms with Gasteiger partial charge < -0.3 is 5.32 Å². The quantitative estimate of drug-likeness (QED) is 0.935. The number of nitrogens with zero attached hydrogens (tertiary/aromatic N) is 4. The summed E-state index contributed by atoms with van der Waals surface area (Å²) in [5, 5.41) is 15.0. The summed E-state index contributed by atoms with van der Waals surface area (Å²) in [7, 11) is 0. The van der Waals surface area contributed by atoms with Crippen molar-refractivity contribution in [2.45, 2.75) is 20.4 Å². The molecule has 0 aliphatic rings. The van der Waals surface area contributed by atoms with Crippen molar-refractivity contribution in [2.24, 2.45) is 0 Å². The molecule has 0 atom stereocenters. The van der Waals surface area contributed by atoms with E-state index in [9.17, 15) is 0 Å². The Bertz CT molecular complexity index is 508. The van der Waals surface area contributed by atoms with E-state index in [2.05, 4.69) is 43.7 Å². The van der Waals surface area contributed by atoms with Gasteiger partial charge in [0.15, 0.2) is 5.82 Å². The Morgan fingerprint density at radius 1 is 1.41 bits per heavy atom. The molecule has 0 aliphatic carbocycles. The molecule has 0 saturated heterocycles. The Morgan fingerprint density at radius 3 is 2.94 bits per heavy atom. The van der Waals surface area contributed by atoms with E-state index in [4.69, 9.17) is 0 Å². The second-order valence-corrected chi connectivity index (χ2v) is 4.63. The van der Waals surface area contributed by atoms with Gasteiger partial charge in [-0.3, -0.25) is 0 Å². The molecule has 1 aromatic carbocycles. The Morgan fingerprint density at radius 2 is 2.24 bits per heavy atom. The van der Waals surface area contributed by atoms with Gasteiger partial charge in [-0.05, 0) is 47.7 Å². The van der Waals surface area contributed by atoms with Crippen LogP contribution in [0.5, 0.6) is 0 Å². The van der Waals surface area contributed by atoms with Crippen LogP contribution in [0.3, 0.4) is 0 Å². The van der Waals surface area contributed by atoms with Gasteiger partial charge in [0, 0.05) is 4.47 Å². The van der Waals surface area contributed by atoms with Crippen LogP contribution in [0.4, 0.5) is 0 Å². The Balaban J connectivity index is 2.35. The number of hydrogen-bond acceptors (Lipinski definition) is 4. The molecule has 0 unspecified atom stereocenters. The molecule has 5 nitrogen and oxygen atoms in total. The summed E-state index contributed by atoms with van der Waals surface area (Å²) in [5.41, 5.74) is 2.13. The number of nitrogens with one attached hydrogen (secondary N) is 1. The van der Waals surface area contributed by atoms with E-state index in [0.717, 1.165) is 28.1 Å². The molecule has 0 spiro atoms. The second-order valence-electron chi connectivity index (χ2n) is 3.72. The smallest absolute Gasteiger partial charge is 0.170 e. The zero-order chi connectivity index (χ0) is 12.3. The lowest BCUT2D eigenvalue weighted by Gasteiger charge is -2.08. The molecule has 0 fully saturated rings. The van der Waals surface area contributed by atoms with E-state index >= 15 is 0 Å². The predicted octanol–water partition coefficient (Wildman–Crippen LogP) is 1.84. The van der Waals surface area contributed by atoms with Gasteiger partial charge >= 0.3 is 0 Å². The first-order valence-corrected chi connectivity index (χ1v) is 6.26. The number of tetrazole rings is 1. The fourth-order valence-corrected chi connectivity index (χ4v) is 2.07. The normalized spacial score (nSPS) is 10.8. The van der Waals surface area contributed by atoms with E-state index in [1.165, 1.54) is 0 Å². The summed E-state index contributed by atoms with van der Waals surface area (Å²) < 4.78 is 2.82. The lowest BCUT2D eigenvalue weighted by atomic mass is 10.2. The minimum Gasteiger partial charge on any atom is -0.310 e. The summed E-state index contributed by atoms with van der Waals surface area (Å²) in [4.78, 5) is 0. The largest absolute Gasteiger partial charge is 0.310 e. The van der Waals surface area contributed by atoms with Crippen molar-refractivity contribution >= 4 is 15.9 Å². The van der Waals surface area contributed by atoms with Gasteiger partial charge in [-0.1, -0.05) is 22.9 Å². The molecular weight excluding hydrogens is 282 g/mol. The first-order chi connectivity index (χ1) is 8.22. The van der Waals surface area contributed by atoms with Gasteiger partial charge in [0.1, 0.15) is 0 Å². The summed E-state index contributed by atoms with van der Waals surface area (Å²) in [5.74, 6) is 0.817. The van der Waals surface area contributed by atoms with Crippen molar-refractivity contribution in [2.75, 3.05) is 6.54 Å². The average Bonchev–Trinajstić information content (AvgIpc) is 2.74. The van der Waals surface area contributed by atoms with Gasteiger partial charge in [-0.15, -0.1) is 5.10 Å². The molecule has 0 aliphatic heterocycles. The number of rotatable bonds is 4. The maximum absolute atomic E-state index is 4.03. The van der Waals surface area contributed by atoms with E-state index < -0.39 is 0 Å². The summed E-state index contributed by atoms with van der Waals surface area (Å²) in [6.07, 6.45) is 0. The lowest BCUT2D eigenvalue weighted by molar-refractivity contribution is 0.663. The highest BCUT2D eigenvalue weighted by Gasteiger charge is 2.09. The first kappa shape index (κ1) is 12.2. The third-order valence-corrected chi connectivity index (χ3v) is 2.95. The SMILES string of the molecule is CCNCc1nnnn1-c1ccc(Br)cc1C. The Hall–Kier alpha value is -1.27. The maximum Gasteiger partial charge on any atom is 0.170 e. The fraction of sp³-hybridized carbons (Fsp3) is 0.364. The molecule has 6 heteroatoms. The monoisotopic (exact) mass is 295 g/mol. The summed E-state index contributed by atoms with van der Waals surface area (Å²) in [6, 6.07) is 6.04. The van der Waals surface area contributed by atoms with Crippen LogP contribution in [-0.2, 0) is 6.54 Å². The lowest BCUT2D eigenvalue weighted by Crippen LogP contribution is -2.16. The number of aromatic nitrogens is 4. The van der Waals surface area contributed by atoms with E-state index in [1.807, 2.05) is 25.1 Å². The number of halogens is 1. The average molecular weight is 296 g/mol. The van der Waals surface area contributed by atoms with E-state index in [-0.39, 0.29) is 0 Å². The van der Waals surface area contributed by atoms with Crippen LogP contribution in [0.15, 0.2) is 22.7 Å². The van der Waals surface area contributed by atoms with Crippen molar-refractivity contribution < 1.29 is 0 Å². The van der Waals surface area contributed by atoms with E-state index in [1.54, 1.807) is 4.68 Å². The van der Waals surface area contributed by atoms with Crippen LogP contribution in [-0.4, -0.2) is 26.8 Å². The molecule has 1 heterocycles. The second kappa shape index (κ2) is 5.37. The molecule has 2 rings (SSSR count). The highest BCUT2D eigenvalue weighted by atomic mass is 79.9. The maximum atomic E-state index is 4.03. The van der Waals surface area contributed by atoms with Crippen molar-refractivity contribution in [3.05, 3.63) is 34.1 Å². The third-order valence-electron chi connectivity index (χ3n) is 2.45. The number of benzene rings is 1. The van der Waals surface area contributed by atoms with Crippen molar-refractivity contribution in [3.8, 4) is 5.69 Å². The Labute approximate surface area is 108 Å². The highest BCUT2D eigenvalue weighted by molar-refractivity contribution is 9.10. The number of hydrogen-bond donors (Lipinski definition) is 1. The molecule has 0 amide bonds. The molecule has 17 heavy (non-hydrogen) atoms.